The molecule has 34 heavy (non-hydrogen) atoms. The monoisotopic (exact) mass is 478 g/mol. The third kappa shape index (κ3) is 4.77. The number of fused-ring (bicyclic) bond motifs is 1. The van der Waals surface area contributed by atoms with Gasteiger partial charge in [0.15, 0.2) is 0 Å². The summed E-state index contributed by atoms with van der Waals surface area (Å²) in [6, 6.07) is 21.0. The number of oxazole rings is 1. The molecule has 0 bridgehead atoms. The van der Waals surface area contributed by atoms with Crippen molar-refractivity contribution < 1.29 is 17.6 Å². The number of benzene rings is 3. The van der Waals surface area contributed by atoms with Gasteiger partial charge >= 0.3 is 6.18 Å². The van der Waals surface area contributed by atoms with Crippen LogP contribution in [0.5, 0.6) is 0 Å². The molecule has 0 radical (unpaired) electrons. The Morgan fingerprint density at radius 3 is 2.47 bits per heavy atom. The number of hydrogen-bond acceptors (Lipinski definition) is 2. The van der Waals surface area contributed by atoms with Crippen LogP contribution in [0.4, 0.5) is 13.2 Å². The molecule has 0 spiro atoms. The van der Waals surface area contributed by atoms with Gasteiger partial charge in [-0.05, 0) is 65.2 Å². The third-order valence-electron chi connectivity index (χ3n) is 5.49. The number of hydrogen-bond donors (Lipinski definition) is 0. The Hall–Kier alpha value is -3.77. The molecule has 0 fully saturated rings. The lowest BCUT2D eigenvalue weighted by molar-refractivity contribution is -0.137. The Labute approximate surface area is 198 Å². The quantitative estimate of drug-likeness (QED) is 0.255. The van der Waals surface area contributed by atoms with E-state index < -0.39 is 11.7 Å². The highest BCUT2D eigenvalue weighted by molar-refractivity contribution is 6.30. The predicted molar refractivity (Wildman–Crippen MR) is 128 cm³/mol. The van der Waals surface area contributed by atoms with Gasteiger partial charge in [-0.2, -0.15) is 13.2 Å². The minimum Gasteiger partial charge on any atom is -0.445 e. The van der Waals surface area contributed by atoms with E-state index in [-0.39, 0.29) is 0 Å². The topological polar surface area (TPSA) is 31.0 Å². The summed E-state index contributed by atoms with van der Waals surface area (Å²) >= 11 is 6.12. The van der Waals surface area contributed by atoms with Gasteiger partial charge in [-0.15, -0.1) is 0 Å². The smallest absolute Gasteiger partial charge is 0.416 e. The van der Waals surface area contributed by atoms with E-state index in [1.54, 1.807) is 18.4 Å². The molecule has 3 nitrogen and oxygen atoms in total. The summed E-state index contributed by atoms with van der Waals surface area (Å²) < 4.78 is 45.7. The number of halogens is 4. The lowest BCUT2D eigenvalue weighted by Gasteiger charge is -2.05. The second kappa shape index (κ2) is 8.88. The van der Waals surface area contributed by atoms with Crippen molar-refractivity contribution in [3.8, 4) is 11.1 Å². The lowest BCUT2D eigenvalue weighted by atomic mass is 10.0. The van der Waals surface area contributed by atoms with E-state index in [0.717, 1.165) is 39.9 Å². The molecule has 0 aliphatic heterocycles. The van der Waals surface area contributed by atoms with Gasteiger partial charge in [0, 0.05) is 28.2 Å². The Balaban J connectivity index is 1.30. The first-order chi connectivity index (χ1) is 16.3. The van der Waals surface area contributed by atoms with Crippen molar-refractivity contribution in [2.45, 2.75) is 12.7 Å². The lowest BCUT2D eigenvalue weighted by Crippen LogP contribution is -2.03. The van der Waals surface area contributed by atoms with Crippen LogP contribution in [0.15, 0.2) is 89.7 Å². The van der Waals surface area contributed by atoms with Gasteiger partial charge in [-0.3, -0.25) is 0 Å². The van der Waals surface area contributed by atoms with Crippen LogP contribution in [0.1, 0.15) is 22.7 Å². The fourth-order valence-electron chi connectivity index (χ4n) is 3.78. The Morgan fingerprint density at radius 1 is 0.912 bits per heavy atom. The van der Waals surface area contributed by atoms with Crippen LogP contribution in [0.2, 0.25) is 5.02 Å². The van der Waals surface area contributed by atoms with E-state index >= 15 is 0 Å². The maximum absolute atomic E-state index is 12.7. The van der Waals surface area contributed by atoms with Crippen LogP contribution in [-0.2, 0) is 12.7 Å². The van der Waals surface area contributed by atoms with E-state index in [9.17, 15) is 13.2 Å². The largest absolute Gasteiger partial charge is 0.445 e. The molecule has 0 aliphatic carbocycles. The van der Waals surface area contributed by atoms with Crippen LogP contribution < -0.4 is 0 Å². The summed E-state index contributed by atoms with van der Waals surface area (Å²) in [5.74, 6) is 0.384. The standard InChI is InChI=1S/C27H18ClF3N2O/c28-23-3-1-2-19(15-23)20-7-10-25-21(14-20)12-13-33(25)16-24-17-34-26(32-24)11-6-18-4-8-22(9-5-18)27(29,30)31/h1-15,17H,16H2/b11-6+. The number of alkyl halides is 3. The van der Waals surface area contributed by atoms with Crippen LogP contribution in [0.25, 0.3) is 34.2 Å². The molecule has 5 aromatic rings. The fourth-order valence-corrected chi connectivity index (χ4v) is 3.97. The zero-order valence-electron chi connectivity index (χ0n) is 17.8. The molecule has 3 aromatic carbocycles. The van der Waals surface area contributed by atoms with E-state index in [4.69, 9.17) is 16.0 Å². The van der Waals surface area contributed by atoms with Crippen molar-refractivity contribution >= 4 is 34.7 Å². The second-order valence-corrected chi connectivity index (χ2v) is 8.29. The summed E-state index contributed by atoms with van der Waals surface area (Å²) in [4.78, 5) is 4.47. The average molecular weight is 479 g/mol. The summed E-state index contributed by atoms with van der Waals surface area (Å²) in [5.41, 5.74) is 3.90. The van der Waals surface area contributed by atoms with Crippen molar-refractivity contribution in [1.82, 2.24) is 9.55 Å². The summed E-state index contributed by atoms with van der Waals surface area (Å²) in [7, 11) is 0. The van der Waals surface area contributed by atoms with Crippen molar-refractivity contribution in [3.05, 3.63) is 113 Å². The molecule has 2 heterocycles. The zero-order valence-corrected chi connectivity index (χ0v) is 18.5. The van der Waals surface area contributed by atoms with Crippen molar-refractivity contribution in [1.29, 1.82) is 0 Å². The van der Waals surface area contributed by atoms with Crippen LogP contribution in [0.3, 0.4) is 0 Å². The van der Waals surface area contributed by atoms with Gasteiger partial charge in [-0.25, -0.2) is 4.98 Å². The molecule has 0 N–H and O–H groups in total. The SMILES string of the molecule is FC(F)(F)c1ccc(/C=C/c2nc(Cn3ccc4cc(-c5cccc(Cl)c5)ccc43)co2)cc1. The van der Waals surface area contributed by atoms with Crippen LogP contribution in [0, 0.1) is 0 Å². The van der Waals surface area contributed by atoms with Crippen molar-refractivity contribution in [2.24, 2.45) is 0 Å². The highest BCUT2D eigenvalue weighted by Gasteiger charge is 2.29. The highest BCUT2D eigenvalue weighted by Crippen LogP contribution is 2.30. The van der Waals surface area contributed by atoms with Gasteiger partial charge in [0.25, 0.3) is 0 Å². The summed E-state index contributed by atoms with van der Waals surface area (Å²) in [5, 5.41) is 1.80. The molecule has 5 rings (SSSR count). The Bertz CT molecular complexity index is 1480. The van der Waals surface area contributed by atoms with Crippen LogP contribution >= 0.6 is 11.6 Å². The first-order valence-corrected chi connectivity index (χ1v) is 10.9. The molecule has 0 aliphatic rings. The second-order valence-electron chi connectivity index (χ2n) is 7.86. The van der Waals surface area contributed by atoms with Gasteiger partial charge in [0.05, 0.1) is 17.8 Å². The number of aromatic nitrogens is 2. The first-order valence-electron chi connectivity index (χ1n) is 10.5. The average Bonchev–Trinajstić information content (AvgIpc) is 3.44. The molecular weight excluding hydrogens is 461 g/mol. The third-order valence-corrected chi connectivity index (χ3v) is 5.72. The molecule has 170 valence electrons. The van der Waals surface area contributed by atoms with E-state index in [0.29, 0.717) is 23.0 Å². The molecule has 0 amide bonds. The minimum absolute atomic E-state index is 0.384. The Morgan fingerprint density at radius 2 is 1.71 bits per heavy atom. The predicted octanol–water partition coefficient (Wildman–Crippen LogP) is 8.19. The zero-order chi connectivity index (χ0) is 23.7. The molecule has 0 saturated heterocycles. The van der Waals surface area contributed by atoms with Gasteiger partial charge in [0.2, 0.25) is 5.89 Å². The van der Waals surface area contributed by atoms with Crippen molar-refractivity contribution in [3.63, 3.8) is 0 Å². The molecular formula is C27H18ClF3N2O. The number of rotatable bonds is 5. The van der Waals surface area contributed by atoms with E-state index in [1.807, 2.05) is 30.5 Å². The van der Waals surface area contributed by atoms with Crippen molar-refractivity contribution in [2.75, 3.05) is 0 Å². The molecule has 0 atom stereocenters. The molecule has 0 unspecified atom stereocenters. The maximum atomic E-state index is 12.7. The number of nitrogens with zero attached hydrogens (tertiary/aromatic N) is 2. The first kappa shape index (κ1) is 22.0. The van der Waals surface area contributed by atoms with Crippen LogP contribution in [-0.4, -0.2) is 9.55 Å². The van der Waals surface area contributed by atoms with Gasteiger partial charge < -0.3 is 8.98 Å². The summed E-state index contributed by atoms with van der Waals surface area (Å²) in [6.45, 7) is 0.525. The highest BCUT2D eigenvalue weighted by atomic mass is 35.5. The van der Waals surface area contributed by atoms with E-state index in [1.165, 1.54) is 12.1 Å². The summed E-state index contributed by atoms with van der Waals surface area (Å²) in [6.07, 6.45) is 2.53. The molecule has 2 aromatic heterocycles. The van der Waals surface area contributed by atoms with Gasteiger partial charge in [-0.1, -0.05) is 41.9 Å². The Kier molecular flexibility index (Phi) is 5.75. The van der Waals surface area contributed by atoms with E-state index in [2.05, 4.69) is 33.8 Å². The fraction of sp³-hybridized carbons (Fsp3) is 0.0741. The molecule has 7 heteroatoms. The van der Waals surface area contributed by atoms with Gasteiger partial charge in [0.1, 0.15) is 6.26 Å². The maximum Gasteiger partial charge on any atom is 0.416 e. The minimum atomic E-state index is -4.35. The normalized spacial score (nSPS) is 12.1. The molecule has 0 saturated carbocycles.